The molecule has 0 bridgehead atoms. The number of nitrogens with zero attached hydrogens (tertiary/aromatic N) is 3. The van der Waals surface area contributed by atoms with Crippen molar-refractivity contribution in [1.82, 2.24) is 13.9 Å². The number of aromatic nitrogens is 2. The second-order valence-corrected chi connectivity index (χ2v) is 10.3. The minimum absolute atomic E-state index is 0.0784. The summed E-state index contributed by atoms with van der Waals surface area (Å²) in [4.78, 5) is 17.1. The number of benzene rings is 3. The molecule has 0 amide bonds. The Kier molecular flexibility index (Phi) is 6.29. The van der Waals surface area contributed by atoms with Gasteiger partial charge >= 0.3 is 0 Å². The molecule has 1 atom stereocenters. The van der Waals surface area contributed by atoms with Gasteiger partial charge in [0, 0.05) is 7.05 Å². The van der Waals surface area contributed by atoms with E-state index in [0.29, 0.717) is 28.7 Å². The van der Waals surface area contributed by atoms with Gasteiger partial charge < -0.3 is 0 Å². The third-order valence-corrected chi connectivity index (χ3v) is 7.92. The van der Waals surface area contributed by atoms with Crippen molar-refractivity contribution >= 4 is 20.9 Å². The van der Waals surface area contributed by atoms with Crippen LogP contribution in [0.3, 0.4) is 0 Å². The lowest BCUT2D eigenvalue weighted by Crippen LogP contribution is -2.35. The fourth-order valence-electron chi connectivity index (χ4n) is 3.95. The number of halogens is 3. The van der Waals surface area contributed by atoms with E-state index in [9.17, 15) is 26.4 Å². The summed E-state index contributed by atoms with van der Waals surface area (Å²) < 4.78 is 70.2. The molecule has 0 radical (unpaired) electrons. The Bertz CT molecular complexity index is 1630. The zero-order valence-electron chi connectivity index (χ0n) is 19.4. The average molecular weight is 502 g/mol. The Morgan fingerprint density at radius 2 is 1.66 bits per heavy atom. The molecule has 0 aliphatic carbocycles. The third-order valence-electron chi connectivity index (χ3n) is 5.97. The molecule has 0 saturated heterocycles. The summed E-state index contributed by atoms with van der Waals surface area (Å²) in [6.45, 7) is 5.19. The normalized spacial score (nSPS) is 12.9. The van der Waals surface area contributed by atoms with E-state index in [-0.39, 0.29) is 5.82 Å². The van der Waals surface area contributed by atoms with E-state index in [2.05, 4.69) is 4.98 Å². The van der Waals surface area contributed by atoms with Crippen molar-refractivity contribution in [2.24, 2.45) is 0 Å². The summed E-state index contributed by atoms with van der Waals surface area (Å²) in [5.74, 6) is -5.13. The molecule has 35 heavy (non-hydrogen) atoms. The number of hydrogen-bond donors (Lipinski definition) is 0. The Hall–Kier alpha value is -3.50. The van der Waals surface area contributed by atoms with Gasteiger partial charge in [-0.15, -0.1) is 0 Å². The number of hydrogen-bond acceptors (Lipinski definition) is 4. The maximum atomic E-state index is 14.4. The van der Waals surface area contributed by atoms with Crippen molar-refractivity contribution < 1.29 is 21.6 Å². The Morgan fingerprint density at radius 1 is 0.971 bits per heavy atom. The largest absolute Gasteiger partial charge is 0.268 e. The first kappa shape index (κ1) is 24.6. The molecule has 1 unspecified atom stereocenters. The fraction of sp³-hybridized carbons (Fsp3) is 0.200. The maximum Gasteiger partial charge on any atom is 0.266 e. The lowest BCUT2D eigenvalue weighted by atomic mass is 10.1. The summed E-state index contributed by atoms with van der Waals surface area (Å²) in [7, 11) is -3.48. The highest BCUT2D eigenvalue weighted by atomic mass is 32.2. The van der Waals surface area contributed by atoms with Crippen LogP contribution in [0.1, 0.15) is 29.9 Å². The van der Waals surface area contributed by atoms with Gasteiger partial charge in [-0.05, 0) is 56.7 Å². The maximum absolute atomic E-state index is 14.4. The van der Waals surface area contributed by atoms with Gasteiger partial charge in [0.1, 0.15) is 10.7 Å². The molecule has 6 nitrogen and oxygen atoms in total. The second kappa shape index (κ2) is 8.94. The topological polar surface area (TPSA) is 72.3 Å². The zero-order valence-corrected chi connectivity index (χ0v) is 20.2. The molecule has 0 aliphatic heterocycles. The van der Waals surface area contributed by atoms with E-state index in [1.807, 2.05) is 26.0 Å². The number of para-hydroxylation sites is 1. The molecule has 182 valence electrons. The molecule has 0 aliphatic rings. The van der Waals surface area contributed by atoms with Crippen LogP contribution in [0.25, 0.3) is 16.6 Å². The minimum atomic E-state index is -4.64. The van der Waals surface area contributed by atoms with Crippen LogP contribution < -0.4 is 5.56 Å². The van der Waals surface area contributed by atoms with E-state index in [1.54, 1.807) is 30.3 Å². The molecule has 0 fully saturated rings. The number of fused-ring (bicyclic) bond motifs is 1. The summed E-state index contributed by atoms with van der Waals surface area (Å²) in [6.07, 6.45) is 0. The van der Waals surface area contributed by atoms with Crippen LogP contribution >= 0.6 is 0 Å². The van der Waals surface area contributed by atoms with Crippen LogP contribution in [0.5, 0.6) is 0 Å². The first-order valence-corrected chi connectivity index (χ1v) is 12.1. The van der Waals surface area contributed by atoms with E-state index >= 15 is 0 Å². The van der Waals surface area contributed by atoms with Crippen LogP contribution in [0.2, 0.25) is 0 Å². The summed E-state index contributed by atoms with van der Waals surface area (Å²) in [5.41, 5.74) is 2.18. The first-order valence-electron chi connectivity index (χ1n) is 10.7. The highest BCUT2D eigenvalue weighted by Gasteiger charge is 2.33. The molecule has 4 rings (SSSR count). The Balaban J connectivity index is 1.95. The fourth-order valence-corrected chi connectivity index (χ4v) is 5.33. The second-order valence-electron chi connectivity index (χ2n) is 8.29. The van der Waals surface area contributed by atoms with E-state index in [4.69, 9.17) is 0 Å². The smallest absolute Gasteiger partial charge is 0.266 e. The Labute approximate surface area is 200 Å². The summed E-state index contributed by atoms with van der Waals surface area (Å²) >= 11 is 0. The van der Waals surface area contributed by atoms with Gasteiger partial charge in [-0.25, -0.2) is 26.6 Å². The molecule has 0 saturated carbocycles. The van der Waals surface area contributed by atoms with Gasteiger partial charge in [-0.2, -0.15) is 4.31 Å². The van der Waals surface area contributed by atoms with Crippen LogP contribution in [0.4, 0.5) is 13.2 Å². The van der Waals surface area contributed by atoms with E-state index < -0.39 is 44.0 Å². The first-order chi connectivity index (χ1) is 16.4. The zero-order chi connectivity index (χ0) is 25.7. The molecule has 0 spiro atoms. The minimum Gasteiger partial charge on any atom is -0.268 e. The van der Waals surface area contributed by atoms with Crippen molar-refractivity contribution in [3.8, 4) is 5.69 Å². The number of rotatable bonds is 5. The predicted octanol–water partition coefficient (Wildman–Crippen LogP) is 4.80. The molecule has 10 heteroatoms. The standard InChI is InChI=1S/C25H22F3N3O3S/c1-14-9-11-20(15(2)13-14)31-24(29-19-8-6-5-7-17(19)25(31)32)16(3)30(4)35(33,34)21-12-10-18(26)22(27)23(21)28/h5-13,16H,1-4H3. The van der Waals surface area contributed by atoms with Crippen molar-refractivity contribution in [3.63, 3.8) is 0 Å². The lowest BCUT2D eigenvalue weighted by Gasteiger charge is -2.27. The molecule has 3 aromatic carbocycles. The summed E-state index contributed by atoms with van der Waals surface area (Å²) in [6, 6.07) is 12.2. The monoisotopic (exact) mass is 501 g/mol. The van der Waals surface area contributed by atoms with Crippen molar-refractivity contribution in [2.75, 3.05) is 7.05 Å². The van der Waals surface area contributed by atoms with Crippen molar-refractivity contribution in [1.29, 1.82) is 0 Å². The SMILES string of the molecule is Cc1ccc(-n2c(C(C)N(C)S(=O)(=O)c3ccc(F)c(F)c3F)nc3ccccc3c2=O)c(C)c1. The van der Waals surface area contributed by atoms with Crippen LogP contribution in [0, 0.1) is 31.3 Å². The highest BCUT2D eigenvalue weighted by Crippen LogP contribution is 2.30. The molecular weight excluding hydrogens is 479 g/mol. The average Bonchev–Trinajstić information content (AvgIpc) is 2.82. The van der Waals surface area contributed by atoms with E-state index in [1.165, 1.54) is 11.5 Å². The predicted molar refractivity (Wildman–Crippen MR) is 126 cm³/mol. The quantitative estimate of drug-likeness (QED) is 0.368. The number of aryl methyl sites for hydroxylation is 2. The Morgan fingerprint density at radius 3 is 2.34 bits per heavy atom. The van der Waals surface area contributed by atoms with Gasteiger partial charge in [0.25, 0.3) is 5.56 Å². The summed E-state index contributed by atoms with van der Waals surface area (Å²) in [5, 5.41) is 0.334. The van der Waals surface area contributed by atoms with Crippen molar-refractivity contribution in [2.45, 2.75) is 31.7 Å². The molecule has 1 aromatic heterocycles. The van der Waals surface area contributed by atoms with Gasteiger partial charge in [-0.1, -0.05) is 29.8 Å². The van der Waals surface area contributed by atoms with E-state index in [0.717, 1.165) is 22.5 Å². The van der Waals surface area contributed by atoms with Crippen LogP contribution in [0.15, 0.2) is 64.3 Å². The van der Waals surface area contributed by atoms with Crippen molar-refractivity contribution in [3.05, 3.63) is 99.4 Å². The molecule has 1 heterocycles. The number of sulfonamides is 1. The van der Waals surface area contributed by atoms with Gasteiger partial charge in [0.15, 0.2) is 17.5 Å². The van der Waals surface area contributed by atoms with Gasteiger partial charge in [0.2, 0.25) is 10.0 Å². The van der Waals surface area contributed by atoms with Crippen LogP contribution in [-0.4, -0.2) is 29.3 Å². The highest BCUT2D eigenvalue weighted by molar-refractivity contribution is 7.89. The van der Waals surface area contributed by atoms with Gasteiger partial charge in [-0.3, -0.25) is 9.36 Å². The third kappa shape index (κ3) is 4.12. The molecule has 0 N–H and O–H groups in total. The molecular formula is C25H22F3N3O3S. The van der Waals surface area contributed by atoms with Crippen LogP contribution in [-0.2, 0) is 10.0 Å². The molecule has 4 aromatic rings. The lowest BCUT2D eigenvalue weighted by molar-refractivity contribution is 0.372. The van der Waals surface area contributed by atoms with Gasteiger partial charge in [0.05, 0.1) is 22.6 Å².